The van der Waals surface area contributed by atoms with E-state index in [1.54, 1.807) is 23.5 Å². The molecule has 2 aromatic rings. The molecule has 7 heteroatoms. The van der Waals surface area contributed by atoms with E-state index in [-0.39, 0.29) is 11.7 Å². The number of amidine groups is 1. The van der Waals surface area contributed by atoms with Gasteiger partial charge in [0.25, 0.3) is 0 Å². The van der Waals surface area contributed by atoms with E-state index >= 15 is 0 Å². The first-order valence-electron chi connectivity index (χ1n) is 8.04. The van der Waals surface area contributed by atoms with Gasteiger partial charge >= 0.3 is 0 Å². The molecule has 1 unspecified atom stereocenters. The molecule has 3 rings (SSSR count). The van der Waals surface area contributed by atoms with Gasteiger partial charge in [0.05, 0.1) is 4.88 Å². The average Bonchev–Trinajstić information content (AvgIpc) is 3.22. The summed E-state index contributed by atoms with van der Waals surface area (Å²) in [5.74, 6) is 0.345. The van der Waals surface area contributed by atoms with Gasteiger partial charge in [-0.1, -0.05) is 39.0 Å². The zero-order valence-electron chi connectivity index (χ0n) is 14.4. The fourth-order valence-electron chi connectivity index (χ4n) is 2.39. The van der Waals surface area contributed by atoms with E-state index in [1.165, 1.54) is 17.1 Å². The van der Waals surface area contributed by atoms with Crippen LogP contribution in [0.25, 0.3) is 0 Å². The number of amides is 1. The summed E-state index contributed by atoms with van der Waals surface area (Å²) in [7, 11) is 0. The first kappa shape index (κ1) is 17.6. The number of hydrogen-bond donors (Lipinski definition) is 2. The number of aliphatic imine (C=N–C) groups is 1. The van der Waals surface area contributed by atoms with Crippen LogP contribution in [0, 0.1) is 11.2 Å². The largest absolute Gasteiger partial charge is 0.275 e. The molecule has 2 N–H and O–H groups in total. The van der Waals surface area contributed by atoms with Crippen molar-refractivity contribution < 1.29 is 9.18 Å². The van der Waals surface area contributed by atoms with Crippen molar-refractivity contribution in [1.29, 1.82) is 0 Å². The molecule has 1 atom stereocenters. The van der Waals surface area contributed by atoms with Crippen molar-refractivity contribution in [2.75, 3.05) is 0 Å². The Balaban J connectivity index is 1.78. The molecular formula is C18H21FN4OS. The van der Waals surface area contributed by atoms with Crippen LogP contribution in [-0.2, 0) is 11.3 Å². The van der Waals surface area contributed by atoms with Crippen LogP contribution in [0.2, 0.25) is 0 Å². The lowest BCUT2D eigenvalue weighted by molar-refractivity contribution is -0.144. The van der Waals surface area contributed by atoms with Crippen molar-refractivity contribution in [3.8, 4) is 0 Å². The molecule has 0 saturated carbocycles. The predicted octanol–water partition coefficient (Wildman–Crippen LogP) is 3.10. The van der Waals surface area contributed by atoms with Crippen LogP contribution in [0.5, 0.6) is 0 Å². The van der Waals surface area contributed by atoms with Crippen molar-refractivity contribution in [1.82, 2.24) is 15.8 Å². The van der Waals surface area contributed by atoms with Crippen LogP contribution in [0.3, 0.4) is 0 Å². The molecule has 1 aliphatic heterocycles. The molecule has 1 aromatic heterocycles. The average molecular weight is 360 g/mol. The molecular weight excluding hydrogens is 339 g/mol. The van der Waals surface area contributed by atoms with Crippen LogP contribution in [0.15, 0.2) is 46.8 Å². The minimum atomic E-state index is -0.538. The molecule has 0 bridgehead atoms. The van der Waals surface area contributed by atoms with Gasteiger partial charge in [-0.25, -0.2) is 14.4 Å². The van der Waals surface area contributed by atoms with Gasteiger partial charge in [0, 0.05) is 12.0 Å². The van der Waals surface area contributed by atoms with Crippen LogP contribution in [0.1, 0.15) is 31.2 Å². The zero-order valence-corrected chi connectivity index (χ0v) is 15.2. The van der Waals surface area contributed by atoms with Crippen LogP contribution in [0.4, 0.5) is 4.39 Å². The second kappa shape index (κ2) is 6.93. The van der Waals surface area contributed by atoms with Gasteiger partial charge in [-0.15, -0.1) is 11.3 Å². The zero-order chi connectivity index (χ0) is 18.0. The Morgan fingerprint density at radius 2 is 2.04 bits per heavy atom. The minimum absolute atomic E-state index is 0.0561. The quantitative estimate of drug-likeness (QED) is 0.881. The number of nitrogens with zero attached hydrogens (tertiary/aromatic N) is 2. The molecule has 1 amide bonds. The maximum atomic E-state index is 13.0. The Morgan fingerprint density at radius 1 is 1.32 bits per heavy atom. The van der Waals surface area contributed by atoms with E-state index in [0.717, 1.165) is 10.4 Å². The summed E-state index contributed by atoms with van der Waals surface area (Å²) in [6, 6.07) is 10.2. The fraction of sp³-hybridized carbons (Fsp3) is 0.333. The summed E-state index contributed by atoms with van der Waals surface area (Å²) in [5, 5.41) is 6.74. The van der Waals surface area contributed by atoms with Gasteiger partial charge in [0.1, 0.15) is 5.82 Å². The van der Waals surface area contributed by atoms with Gasteiger partial charge < -0.3 is 0 Å². The number of thiophene rings is 1. The fourth-order valence-corrected chi connectivity index (χ4v) is 3.06. The van der Waals surface area contributed by atoms with Crippen LogP contribution in [-0.4, -0.2) is 23.0 Å². The lowest BCUT2D eigenvalue weighted by atomic mass is 9.95. The van der Waals surface area contributed by atoms with Gasteiger partial charge in [-0.05, 0) is 29.1 Å². The predicted molar refractivity (Wildman–Crippen MR) is 97.3 cm³/mol. The highest BCUT2D eigenvalue weighted by Gasteiger charge is 2.36. The smallest absolute Gasteiger partial charge is 0.249 e. The Kier molecular flexibility index (Phi) is 4.87. The molecule has 0 aliphatic carbocycles. The maximum Gasteiger partial charge on any atom is 0.249 e. The minimum Gasteiger partial charge on any atom is -0.275 e. The first-order valence-corrected chi connectivity index (χ1v) is 8.92. The van der Waals surface area contributed by atoms with E-state index < -0.39 is 11.7 Å². The van der Waals surface area contributed by atoms with Crippen LogP contribution < -0.4 is 10.7 Å². The molecule has 5 nitrogen and oxygen atoms in total. The molecule has 132 valence electrons. The number of rotatable bonds is 4. The lowest BCUT2D eigenvalue weighted by Gasteiger charge is -2.29. The molecule has 25 heavy (non-hydrogen) atoms. The molecule has 0 radical (unpaired) electrons. The summed E-state index contributed by atoms with van der Waals surface area (Å²) < 4.78 is 13.0. The Labute approximate surface area is 150 Å². The number of carbonyl (C=O) groups excluding carboxylic acids is 1. The summed E-state index contributed by atoms with van der Waals surface area (Å²) in [6.07, 6.45) is -0.520. The second-order valence-electron chi connectivity index (χ2n) is 6.87. The lowest BCUT2D eigenvalue weighted by Crippen LogP contribution is -2.54. The standard InChI is InChI=1S/C18H21FN4OS/c1-18(2,3)16(24)23-17(20-11-12-6-8-13(19)9-7-12)21-15(22-23)14-5-4-10-25-14/h4-10,17,20H,11H2,1-3H3,(H,21,22). The molecule has 1 aromatic carbocycles. The van der Waals surface area contributed by atoms with Crippen molar-refractivity contribution in [2.45, 2.75) is 33.6 Å². The Hall–Kier alpha value is -2.25. The van der Waals surface area contributed by atoms with Crippen molar-refractivity contribution in [3.63, 3.8) is 0 Å². The second-order valence-corrected chi connectivity index (χ2v) is 7.82. The van der Waals surface area contributed by atoms with E-state index in [9.17, 15) is 9.18 Å². The summed E-state index contributed by atoms with van der Waals surface area (Å²) >= 11 is 1.56. The number of carbonyl (C=O) groups is 1. The Bertz CT molecular complexity index is 765. The van der Waals surface area contributed by atoms with Gasteiger partial charge in [0.2, 0.25) is 5.91 Å². The van der Waals surface area contributed by atoms with E-state index in [4.69, 9.17) is 0 Å². The van der Waals surface area contributed by atoms with Crippen molar-refractivity contribution in [3.05, 3.63) is 58.0 Å². The third-order valence-electron chi connectivity index (χ3n) is 3.74. The molecule has 0 fully saturated rings. The summed E-state index contributed by atoms with van der Waals surface area (Å²) in [6.45, 7) is 6.09. The summed E-state index contributed by atoms with van der Waals surface area (Å²) in [4.78, 5) is 18.3. The summed E-state index contributed by atoms with van der Waals surface area (Å²) in [5.41, 5.74) is 3.50. The third kappa shape index (κ3) is 4.05. The molecule has 0 saturated heterocycles. The highest BCUT2D eigenvalue weighted by molar-refractivity contribution is 7.12. The number of halogens is 1. The molecule has 0 spiro atoms. The monoisotopic (exact) mass is 360 g/mol. The van der Waals surface area contributed by atoms with E-state index in [1.807, 2.05) is 38.3 Å². The Morgan fingerprint density at radius 3 is 2.64 bits per heavy atom. The molecule has 2 heterocycles. The normalized spacial score (nSPS) is 17.4. The van der Waals surface area contributed by atoms with Crippen molar-refractivity contribution in [2.24, 2.45) is 10.4 Å². The number of nitrogens with one attached hydrogen (secondary N) is 2. The SMILES string of the molecule is CC(C)(C)C(=O)N1NC(c2cccs2)=NC1NCc1ccc(F)cc1. The maximum absolute atomic E-state index is 13.0. The van der Waals surface area contributed by atoms with Gasteiger partial charge in [-0.3, -0.25) is 15.5 Å². The first-order chi connectivity index (χ1) is 11.8. The number of benzene rings is 1. The highest BCUT2D eigenvalue weighted by atomic mass is 32.1. The van der Waals surface area contributed by atoms with Gasteiger partial charge in [-0.2, -0.15) is 0 Å². The highest BCUT2D eigenvalue weighted by Crippen LogP contribution is 2.22. The van der Waals surface area contributed by atoms with E-state index in [0.29, 0.717) is 12.4 Å². The molecule has 1 aliphatic rings. The van der Waals surface area contributed by atoms with Gasteiger partial charge in [0.15, 0.2) is 12.1 Å². The van der Waals surface area contributed by atoms with Crippen LogP contribution >= 0.6 is 11.3 Å². The van der Waals surface area contributed by atoms with Crippen molar-refractivity contribution >= 4 is 23.1 Å². The number of hydrazine groups is 1. The van der Waals surface area contributed by atoms with E-state index in [2.05, 4.69) is 15.7 Å². The third-order valence-corrected chi connectivity index (χ3v) is 4.62. The topological polar surface area (TPSA) is 56.7 Å². The number of hydrogen-bond acceptors (Lipinski definition) is 5.